The molecule has 0 bridgehead atoms. The molecule has 3 rings (SSSR count). The van der Waals surface area contributed by atoms with Gasteiger partial charge in [-0.15, -0.1) is 11.3 Å². The predicted octanol–water partition coefficient (Wildman–Crippen LogP) is 4.79. The van der Waals surface area contributed by atoms with Crippen LogP contribution in [0.2, 0.25) is 5.02 Å². The number of anilines is 4. The van der Waals surface area contributed by atoms with Crippen molar-refractivity contribution in [1.82, 2.24) is 9.97 Å². The highest BCUT2D eigenvalue weighted by Crippen LogP contribution is 2.33. The highest BCUT2D eigenvalue weighted by atomic mass is 35.5. The molecular weight excluding hydrogens is 403 g/mol. The number of rotatable bonds is 4. The Balaban J connectivity index is 1.76. The van der Waals surface area contributed by atoms with E-state index in [2.05, 4.69) is 20.6 Å². The summed E-state index contributed by atoms with van der Waals surface area (Å²) >= 11 is 7.10. The van der Waals surface area contributed by atoms with E-state index in [4.69, 9.17) is 17.3 Å². The Hall–Kier alpha value is -2.85. The summed E-state index contributed by atoms with van der Waals surface area (Å²) in [6.45, 7) is 0. The van der Waals surface area contributed by atoms with Gasteiger partial charge in [-0.25, -0.2) is 9.97 Å². The molecule has 0 aliphatic rings. The van der Waals surface area contributed by atoms with E-state index in [0.717, 1.165) is 29.5 Å². The fourth-order valence-corrected chi connectivity index (χ4v) is 2.90. The number of amides is 1. The third-order valence-electron chi connectivity index (χ3n) is 3.35. The molecule has 2 aromatic heterocycles. The van der Waals surface area contributed by atoms with Gasteiger partial charge in [-0.3, -0.25) is 4.79 Å². The number of thiazole rings is 1. The standard InChI is InChI=1S/C16H11ClF3N5OS/c17-9-2-1-5-22-13(9)25-15-24-12(7-27-15)14(26)23-11-6-8(16(18,19)20)3-4-10(11)21/h1-7H,21H2,(H,23,26)(H,22,24,25). The minimum atomic E-state index is -4.55. The average Bonchev–Trinajstić information content (AvgIpc) is 3.06. The maximum atomic E-state index is 12.8. The maximum Gasteiger partial charge on any atom is 0.416 e. The molecule has 0 saturated heterocycles. The van der Waals surface area contributed by atoms with Gasteiger partial charge in [0.05, 0.1) is 22.0 Å². The van der Waals surface area contributed by atoms with Crippen molar-refractivity contribution in [3.63, 3.8) is 0 Å². The number of hydrogen-bond donors (Lipinski definition) is 3. The zero-order valence-electron chi connectivity index (χ0n) is 13.3. The molecule has 140 valence electrons. The SMILES string of the molecule is Nc1ccc(C(F)(F)F)cc1NC(=O)c1csc(Nc2ncccc2Cl)n1. The van der Waals surface area contributed by atoms with Crippen LogP contribution in [-0.2, 0) is 6.18 Å². The van der Waals surface area contributed by atoms with E-state index in [9.17, 15) is 18.0 Å². The number of halogens is 4. The molecular formula is C16H11ClF3N5OS. The first-order valence-electron chi connectivity index (χ1n) is 7.35. The van der Waals surface area contributed by atoms with Crippen LogP contribution in [0.1, 0.15) is 16.1 Å². The van der Waals surface area contributed by atoms with Crippen molar-refractivity contribution >= 4 is 51.2 Å². The van der Waals surface area contributed by atoms with E-state index in [1.807, 2.05) is 0 Å². The summed E-state index contributed by atoms with van der Waals surface area (Å²) < 4.78 is 38.4. The number of nitrogens with one attached hydrogen (secondary N) is 2. The number of aromatic nitrogens is 2. The second-order valence-corrected chi connectivity index (χ2v) is 6.52. The molecule has 0 aliphatic carbocycles. The van der Waals surface area contributed by atoms with Crippen LogP contribution in [0, 0.1) is 0 Å². The molecule has 0 fully saturated rings. The van der Waals surface area contributed by atoms with Crippen LogP contribution < -0.4 is 16.4 Å². The quantitative estimate of drug-likeness (QED) is 0.535. The fourth-order valence-electron chi connectivity index (χ4n) is 2.04. The van der Waals surface area contributed by atoms with Gasteiger partial charge in [-0.1, -0.05) is 11.6 Å². The van der Waals surface area contributed by atoms with Gasteiger partial charge < -0.3 is 16.4 Å². The van der Waals surface area contributed by atoms with Gasteiger partial charge in [0.1, 0.15) is 5.69 Å². The highest BCUT2D eigenvalue weighted by Gasteiger charge is 2.31. The smallest absolute Gasteiger partial charge is 0.397 e. The first-order chi connectivity index (χ1) is 12.7. The lowest BCUT2D eigenvalue weighted by Crippen LogP contribution is -2.15. The maximum absolute atomic E-state index is 12.8. The molecule has 11 heteroatoms. The zero-order valence-corrected chi connectivity index (χ0v) is 14.9. The van der Waals surface area contributed by atoms with E-state index in [-0.39, 0.29) is 17.1 Å². The van der Waals surface area contributed by atoms with Crippen molar-refractivity contribution in [1.29, 1.82) is 0 Å². The molecule has 27 heavy (non-hydrogen) atoms. The summed E-state index contributed by atoms with van der Waals surface area (Å²) in [4.78, 5) is 20.4. The van der Waals surface area contributed by atoms with Crippen LogP contribution in [-0.4, -0.2) is 15.9 Å². The topological polar surface area (TPSA) is 92.9 Å². The molecule has 0 atom stereocenters. The minimum absolute atomic E-state index is 0.00481. The molecule has 0 spiro atoms. The lowest BCUT2D eigenvalue weighted by Gasteiger charge is -2.11. The number of carbonyl (C=O) groups is 1. The number of pyridine rings is 1. The Morgan fingerprint density at radius 1 is 1.26 bits per heavy atom. The first kappa shape index (κ1) is 18.9. The number of nitrogens with zero attached hydrogens (tertiary/aromatic N) is 2. The molecule has 1 aromatic carbocycles. The molecule has 2 heterocycles. The molecule has 3 aromatic rings. The third-order valence-corrected chi connectivity index (χ3v) is 4.41. The Kier molecular flexibility index (Phi) is 5.19. The normalized spacial score (nSPS) is 11.3. The number of alkyl halides is 3. The van der Waals surface area contributed by atoms with Crippen LogP contribution in [0.5, 0.6) is 0 Å². The van der Waals surface area contributed by atoms with Gasteiger partial charge in [0.2, 0.25) is 0 Å². The lowest BCUT2D eigenvalue weighted by molar-refractivity contribution is -0.137. The van der Waals surface area contributed by atoms with Crippen molar-refractivity contribution in [2.24, 2.45) is 0 Å². The summed E-state index contributed by atoms with van der Waals surface area (Å²) in [5.41, 5.74) is 4.59. The Labute approximate surface area is 160 Å². The lowest BCUT2D eigenvalue weighted by atomic mass is 10.1. The Morgan fingerprint density at radius 3 is 2.74 bits per heavy atom. The van der Waals surface area contributed by atoms with E-state index in [1.165, 1.54) is 11.6 Å². The summed E-state index contributed by atoms with van der Waals surface area (Å²) in [7, 11) is 0. The number of hydrogen-bond acceptors (Lipinski definition) is 6. The van der Waals surface area contributed by atoms with Gasteiger partial charge in [0.25, 0.3) is 5.91 Å². The number of nitrogens with two attached hydrogens (primary N) is 1. The van der Waals surface area contributed by atoms with Crippen LogP contribution in [0.3, 0.4) is 0 Å². The van der Waals surface area contributed by atoms with Crippen molar-refractivity contribution in [2.45, 2.75) is 6.18 Å². The minimum Gasteiger partial charge on any atom is -0.397 e. The van der Waals surface area contributed by atoms with Gasteiger partial charge in [0, 0.05) is 11.6 Å². The van der Waals surface area contributed by atoms with E-state index >= 15 is 0 Å². The van der Waals surface area contributed by atoms with Crippen LogP contribution in [0.25, 0.3) is 0 Å². The predicted molar refractivity (Wildman–Crippen MR) is 98.5 cm³/mol. The number of carbonyl (C=O) groups excluding carboxylic acids is 1. The van der Waals surface area contributed by atoms with Crippen LogP contribution in [0.15, 0.2) is 41.9 Å². The average molecular weight is 414 g/mol. The second-order valence-electron chi connectivity index (χ2n) is 5.25. The van der Waals surface area contributed by atoms with E-state index in [0.29, 0.717) is 16.0 Å². The molecule has 0 unspecified atom stereocenters. The molecule has 0 saturated carbocycles. The third kappa shape index (κ3) is 4.47. The molecule has 0 aliphatic heterocycles. The summed E-state index contributed by atoms with van der Waals surface area (Å²) in [5, 5.41) is 7.36. The van der Waals surface area contributed by atoms with E-state index in [1.54, 1.807) is 12.1 Å². The van der Waals surface area contributed by atoms with Crippen LogP contribution in [0.4, 0.5) is 35.5 Å². The van der Waals surface area contributed by atoms with E-state index < -0.39 is 17.6 Å². The monoisotopic (exact) mass is 413 g/mol. The summed E-state index contributed by atoms with van der Waals surface area (Å²) in [6.07, 6.45) is -3.02. The van der Waals surface area contributed by atoms with Crippen molar-refractivity contribution < 1.29 is 18.0 Å². The second kappa shape index (κ2) is 7.41. The zero-order chi connectivity index (χ0) is 19.6. The Bertz CT molecular complexity index is 992. The van der Waals surface area contributed by atoms with Crippen LogP contribution >= 0.6 is 22.9 Å². The number of benzene rings is 1. The van der Waals surface area contributed by atoms with Crippen molar-refractivity contribution in [2.75, 3.05) is 16.4 Å². The molecule has 4 N–H and O–H groups in total. The molecule has 6 nitrogen and oxygen atoms in total. The summed E-state index contributed by atoms with van der Waals surface area (Å²) in [5.74, 6) is -0.333. The van der Waals surface area contributed by atoms with Gasteiger partial charge in [0.15, 0.2) is 10.9 Å². The van der Waals surface area contributed by atoms with Gasteiger partial charge in [-0.05, 0) is 30.3 Å². The fraction of sp³-hybridized carbons (Fsp3) is 0.0625. The largest absolute Gasteiger partial charge is 0.416 e. The van der Waals surface area contributed by atoms with Gasteiger partial charge in [-0.2, -0.15) is 13.2 Å². The summed E-state index contributed by atoms with van der Waals surface area (Å²) in [6, 6.07) is 5.98. The van der Waals surface area contributed by atoms with Crippen molar-refractivity contribution in [3.8, 4) is 0 Å². The number of nitrogen functional groups attached to an aromatic ring is 1. The first-order valence-corrected chi connectivity index (χ1v) is 8.61. The molecule has 0 radical (unpaired) electrons. The highest BCUT2D eigenvalue weighted by molar-refractivity contribution is 7.14. The van der Waals surface area contributed by atoms with Gasteiger partial charge >= 0.3 is 6.18 Å². The van der Waals surface area contributed by atoms with Crippen molar-refractivity contribution in [3.05, 3.63) is 58.2 Å². The molecule has 1 amide bonds. The Morgan fingerprint density at radius 2 is 2.04 bits per heavy atom.